The zero-order valence-electron chi connectivity index (χ0n) is 14.1. The van der Waals surface area contributed by atoms with Crippen LogP contribution in [0.5, 0.6) is 0 Å². The van der Waals surface area contributed by atoms with Crippen molar-refractivity contribution in [1.82, 2.24) is 0 Å². The van der Waals surface area contributed by atoms with Gasteiger partial charge in [-0.15, -0.1) is 0 Å². The van der Waals surface area contributed by atoms with Crippen LogP contribution in [0.15, 0.2) is 78.9 Å². The van der Waals surface area contributed by atoms with E-state index in [4.69, 9.17) is 0 Å². The lowest BCUT2D eigenvalue weighted by Crippen LogP contribution is -1.99. The lowest BCUT2D eigenvalue weighted by atomic mass is 9.90. The van der Waals surface area contributed by atoms with E-state index in [1.165, 1.54) is 22.3 Å². The summed E-state index contributed by atoms with van der Waals surface area (Å²) in [5.41, 5.74) is 7.61. The smallest absolute Gasteiger partial charge is 0.336 e. The van der Waals surface area contributed by atoms with E-state index in [1.807, 2.05) is 24.3 Å². The first kappa shape index (κ1) is 14.9. The third-order valence-corrected chi connectivity index (χ3v) is 5.28. The third-order valence-electron chi connectivity index (χ3n) is 5.28. The fourth-order valence-corrected chi connectivity index (χ4v) is 4.15. The van der Waals surface area contributed by atoms with Gasteiger partial charge in [0.2, 0.25) is 0 Å². The molecule has 1 aliphatic rings. The van der Waals surface area contributed by atoms with E-state index in [1.54, 1.807) is 12.1 Å². The maximum absolute atomic E-state index is 11.8. The van der Waals surface area contributed by atoms with E-state index in [9.17, 15) is 9.90 Å². The monoisotopic (exact) mass is 336 g/mol. The van der Waals surface area contributed by atoms with E-state index in [0.717, 1.165) is 28.3 Å². The highest BCUT2D eigenvalue weighted by atomic mass is 16.4. The van der Waals surface area contributed by atoms with Gasteiger partial charge in [0, 0.05) is 5.39 Å². The van der Waals surface area contributed by atoms with Gasteiger partial charge in [0.15, 0.2) is 0 Å². The minimum absolute atomic E-state index is 0.353. The van der Waals surface area contributed by atoms with Crippen molar-refractivity contribution in [2.45, 2.75) is 6.42 Å². The maximum atomic E-state index is 11.8. The van der Waals surface area contributed by atoms with Gasteiger partial charge in [0.05, 0.1) is 5.56 Å². The molecule has 2 heteroatoms. The first-order valence-electron chi connectivity index (χ1n) is 8.69. The number of carboxylic acid groups (broad SMARTS) is 1. The van der Waals surface area contributed by atoms with E-state index in [0.29, 0.717) is 5.56 Å². The van der Waals surface area contributed by atoms with Gasteiger partial charge in [0.25, 0.3) is 0 Å². The summed E-state index contributed by atoms with van der Waals surface area (Å²) in [6, 6.07) is 26.3. The Kier molecular flexibility index (Phi) is 3.19. The summed E-state index contributed by atoms with van der Waals surface area (Å²) in [6.07, 6.45) is 0.882. The van der Waals surface area contributed by atoms with Crippen molar-refractivity contribution in [3.63, 3.8) is 0 Å². The molecule has 0 unspecified atom stereocenters. The van der Waals surface area contributed by atoms with Gasteiger partial charge >= 0.3 is 5.97 Å². The number of fused-ring (bicyclic) bond motifs is 4. The van der Waals surface area contributed by atoms with Crippen LogP contribution in [0.1, 0.15) is 21.5 Å². The molecule has 0 amide bonds. The average molecular weight is 336 g/mol. The Balaban J connectivity index is 1.83. The summed E-state index contributed by atoms with van der Waals surface area (Å²) >= 11 is 0. The minimum Gasteiger partial charge on any atom is -0.478 e. The third kappa shape index (κ3) is 2.09. The molecule has 1 N–H and O–H groups in total. The predicted molar refractivity (Wildman–Crippen MR) is 105 cm³/mol. The number of hydrogen-bond acceptors (Lipinski definition) is 1. The fourth-order valence-electron chi connectivity index (χ4n) is 4.15. The molecule has 0 saturated heterocycles. The van der Waals surface area contributed by atoms with Crippen molar-refractivity contribution in [3.8, 4) is 22.3 Å². The zero-order valence-corrected chi connectivity index (χ0v) is 14.1. The molecule has 0 radical (unpaired) electrons. The molecule has 0 aromatic heterocycles. The number of benzene rings is 4. The molecule has 5 rings (SSSR count). The highest BCUT2D eigenvalue weighted by Gasteiger charge is 2.22. The molecule has 124 valence electrons. The number of rotatable bonds is 2. The summed E-state index contributed by atoms with van der Waals surface area (Å²) < 4.78 is 0. The number of carbonyl (C=O) groups is 1. The molecule has 26 heavy (non-hydrogen) atoms. The average Bonchev–Trinajstić information content (AvgIpc) is 3.06. The summed E-state index contributed by atoms with van der Waals surface area (Å²) in [5.74, 6) is -0.890. The van der Waals surface area contributed by atoms with Crippen LogP contribution in [0.25, 0.3) is 33.0 Å². The van der Waals surface area contributed by atoms with Crippen molar-refractivity contribution in [2.24, 2.45) is 0 Å². The Morgan fingerprint density at radius 1 is 0.692 bits per heavy atom. The van der Waals surface area contributed by atoms with Crippen molar-refractivity contribution >= 4 is 16.7 Å². The van der Waals surface area contributed by atoms with Crippen LogP contribution >= 0.6 is 0 Å². The van der Waals surface area contributed by atoms with Crippen molar-refractivity contribution < 1.29 is 9.90 Å². The summed E-state index contributed by atoms with van der Waals surface area (Å²) in [7, 11) is 0. The molecule has 1 aliphatic carbocycles. The minimum atomic E-state index is -0.890. The van der Waals surface area contributed by atoms with Crippen LogP contribution in [0.2, 0.25) is 0 Å². The number of carboxylic acids is 1. The number of hydrogen-bond donors (Lipinski definition) is 1. The SMILES string of the molecule is O=C(O)c1cccc2cccc(-c3cccc4c3Cc3ccccc3-4)c12. The zero-order chi connectivity index (χ0) is 17.7. The Morgan fingerprint density at radius 3 is 2.12 bits per heavy atom. The predicted octanol–water partition coefficient (Wildman–Crippen LogP) is 5.78. The van der Waals surface area contributed by atoms with Gasteiger partial charge in [-0.3, -0.25) is 0 Å². The molecule has 4 aromatic rings. The first-order chi connectivity index (χ1) is 12.7. The van der Waals surface area contributed by atoms with Crippen LogP contribution in [0.4, 0.5) is 0 Å². The second kappa shape index (κ2) is 5.57. The van der Waals surface area contributed by atoms with Crippen molar-refractivity contribution in [3.05, 3.63) is 95.6 Å². The summed E-state index contributed by atoms with van der Waals surface area (Å²) in [6.45, 7) is 0. The van der Waals surface area contributed by atoms with E-state index >= 15 is 0 Å². The van der Waals surface area contributed by atoms with E-state index < -0.39 is 5.97 Å². The van der Waals surface area contributed by atoms with Gasteiger partial charge in [0.1, 0.15) is 0 Å². The fraction of sp³-hybridized carbons (Fsp3) is 0.0417. The molecule has 4 aromatic carbocycles. The van der Waals surface area contributed by atoms with Gasteiger partial charge in [-0.25, -0.2) is 4.79 Å². The summed E-state index contributed by atoms with van der Waals surface area (Å²) in [5, 5.41) is 11.5. The molecule has 2 nitrogen and oxygen atoms in total. The molecule has 0 saturated carbocycles. The molecule has 0 bridgehead atoms. The lowest BCUT2D eigenvalue weighted by molar-refractivity contribution is 0.0699. The molecule has 0 aliphatic heterocycles. The molecule has 0 fully saturated rings. The van der Waals surface area contributed by atoms with Crippen LogP contribution in [0.3, 0.4) is 0 Å². The van der Waals surface area contributed by atoms with E-state index in [2.05, 4.69) is 42.5 Å². The largest absolute Gasteiger partial charge is 0.478 e. The Bertz CT molecular complexity index is 1180. The Labute approximate surface area is 151 Å². The molecular weight excluding hydrogens is 320 g/mol. The standard InChI is InChI=1S/C24H16O2/c25-24(26)21-13-4-8-15-7-3-12-20(23(15)21)19-11-5-10-18-17-9-2-1-6-16(17)14-22(18)19/h1-13H,14H2,(H,25,26). The quantitative estimate of drug-likeness (QED) is 0.444. The van der Waals surface area contributed by atoms with E-state index in [-0.39, 0.29) is 0 Å². The van der Waals surface area contributed by atoms with Gasteiger partial charge in [-0.05, 0) is 51.3 Å². The van der Waals surface area contributed by atoms with Crippen molar-refractivity contribution in [2.75, 3.05) is 0 Å². The van der Waals surface area contributed by atoms with Crippen LogP contribution in [-0.2, 0) is 6.42 Å². The second-order valence-corrected chi connectivity index (χ2v) is 6.68. The Morgan fingerprint density at radius 2 is 1.31 bits per heavy atom. The lowest BCUT2D eigenvalue weighted by Gasteiger charge is -2.13. The Hall–Kier alpha value is -3.39. The van der Waals surface area contributed by atoms with Crippen LogP contribution < -0.4 is 0 Å². The van der Waals surface area contributed by atoms with Crippen molar-refractivity contribution in [1.29, 1.82) is 0 Å². The highest BCUT2D eigenvalue weighted by Crippen LogP contribution is 2.43. The molecule has 0 heterocycles. The first-order valence-corrected chi connectivity index (χ1v) is 8.69. The van der Waals surface area contributed by atoms with Gasteiger partial charge in [-0.2, -0.15) is 0 Å². The topological polar surface area (TPSA) is 37.3 Å². The van der Waals surface area contributed by atoms with Gasteiger partial charge in [-0.1, -0.05) is 72.8 Å². The normalized spacial score (nSPS) is 12.0. The van der Waals surface area contributed by atoms with Crippen LogP contribution in [0, 0.1) is 0 Å². The highest BCUT2D eigenvalue weighted by molar-refractivity contribution is 6.10. The molecular formula is C24H16O2. The molecule has 0 spiro atoms. The summed E-state index contributed by atoms with van der Waals surface area (Å²) in [4.78, 5) is 11.8. The second-order valence-electron chi connectivity index (χ2n) is 6.68. The molecule has 0 atom stereocenters. The number of aromatic carboxylic acids is 1. The maximum Gasteiger partial charge on any atom is 0.336 e. The van der Waals surface area contributed by atoms with Crippen LogP contribution in [-0.4, -0.2) is 11.1 Å². The van der Waals surface area contributed by atoms with Gasteiger partial charge < -0.3 is 5.11 Å².